The highest BCUT2D eigenvalue weighted by Crippen LogP contribution is 2.14. The van der Waals surface area contributed by atoms with Gasteiger partial charge >= 0.3 is 0 Å². The summed E-state index contributed by atoms with van der Waals surface area (Å²) in [5, 5.41) is 3.48. The first kappa shape index (κ1) is 12.8. The van der Waals surface area contributed by atoms with Crippen LogP contribution in [0.4, 0.5) is 0 Å². The molecule has 0 atom stereocenters. The molecule has 0 aliphatic heterocycles. The van der Waals surface area contributed by atoms with Gasteiger partial charge in [0.15, 0.2) is 0 Å². The molecule has 1 aromatic heterocycles. The molecule has 0 radical (unpaired) electrons. The minimum atomic E-state index is 0.932. The number of rotatable bonds is 5. The number of hydrogen-bond donors (Lipinski definition) is 1. The smallest absolute Gasteiger partial charge is 0.0946 e. The van der Waals surface area contributed by atoms with Gasteiger partial charge in [-0.1, -0.05) is 12.1 Å². The molecule has 18 heavy (non-hydrogen) atoms. The maximum absolute atomic E-state index is 4.03. The van der Waals surface area contributed by atoms with E-state index in [1.807, 2.05) is 18.7 Å². The Bertz CT molecular complexity index is 501. The Morgan fingerprint density at radius 3 is 2.61 bits per heavy atom. The Morgan fingerprint density at radius 1 is 1.11 bits per heavy atom. The third kappa shape index (κ3) is 3.20. The number of nitrogens with zero attached hydrogens (tertiary/aromatic N) is 2. The number of hydrogen-bond acceptors (Lipinski definition) is 2. The van der Waals surface area contributed by atoms with Crippen molar-refractivity contribution in [3.63, 3.8) is 0 Å². The van der Waals surface area contributed by atoms with Crippen molar-refractivity contribution in [3.05, 3.63) is 53.1 Å². The van der Waals surface area contributed by atoms with Crippen molar-refractivity contribution in [2.24, 2.45) is 0 Å². The second-order valence-corrected chi connectivity index (χ2v) is 4.84. The molecule has 2 aromatic rings. The minimum absolute atomic E-state index is 0.932. The van der Waals surface area contributed by atoms with Crippen LogP contribution in [0, 0.1) is 20.8 Å². The summed E-state index contributed by atoms with van der Waals surface area (Å²) in [6, 6.07) is 4.55. The van der Waals surface area contributed by atoms with Gasteiger partial charge in [0, 0.05) is 32.0 Å². The Hall–Kier alpha value is -1.61. The van der Waals surface area contributed by atoms with Gasteiger partial charge in [0.25, 0.3) is 0 Å². The van der Waals surface area contributed by atoms with Crippen molar-refractivity contribution in [1.82, 2.24) is 14.9 Å². The van der Waals surface area contributed by atoms with Crippen LogP contribution in [0.2, 0.25) is 0 Å². The van der Waals surface area contributed by atoms with E-state index in [2.05, 4.69) is 47.8 Å². The number of aromatic nitrogens is 2. The zero-order valence-electron chi connectivity index (χ0n) is 11.4. The Morgan fingerprint density at radius 2 is 1.89 bits per heavy atom. The second-order valence-electron chi connectivity index (χ2n) is 4.84. The molecular weight excluding hydrogens is 222 g/mol. The quantitative estimate of drug-likeness (QED) is 0.818. The maximum Gasteiger partial charge on any atom is 0.0946 e. The van der Waals surface area contributed by atoms with Gasteiger partial charge in [-0.3, -0.25) is 0 Å². The standard InChI is InChI=1S/C15H21N3/c1-12-8-14(3)15(9-13(12)2)10-16-4-6-18-7-5-17-11-18/h5,7-9,11,16H,4,6,10H2,1-3H3. The van der Waals surface area contributed by atoms with Crippen molar-refractivity contribution in [2.45, 2.75) is 33.9 Å². The molecule has 0 unspecified atom stereocenters. The summed E-state index contributed by atoms with van der Waals surface area (Å²) in [5.41, 5.74) is 5.50. The third-order valence-corrected chi connectivity index (χ3v) is 3.37. The van der Waals surface area contributed by atoms with Gasteiger partial charge in [-0.2, -0.15) is 0 Å². The fraction of sp³-hybridized carbons (Fsp3) is 0.400. The molecule has 0 aliphatic carbocycles. The lowest BCUT2D eigenvalue weighted by Crippen LogP contribution is -2.19. The second kappa shape index (κ2) is 5.83. The molecule has 0 saturated carbocycles. The molecule has 1 N–H and O–H groups in total. The number of aryl methyl sites for hydroxylation is 3. The molecule has 3 nitrogen and oxygen atoms in total. The van der Waals surface area contributed by atoms with Crippen LogP contribution in [0.1, 0.15) is 22.3 Å². The molecule has 0 fully saturated rings. The molecule has 0 aliphatic rings. The first-order valence-electron chi connectivity index (χ1n) is 6.40. The molecule has 0 saturated heterocycles. The molecule has 2 rings (SSSR count). The van der Waals surface area contributed by atoms with Crippen LogP contribution in [0.15, 0.2) is 30.9 Å². The first-order valence-corrected chi connectivity index (χ1v) is 6.40. The zero-order valence-corrected chi connectivity index (χ0v) is 11.4. The third-order valence-electron chi connectivity index (χ3n) is 3.37. The van der Waals surface area contributed by atoms with Crippen LogP contribution < -0.4 is 5.32 Å². The highest BCUT2D eigenvalue weighted by atomic mass is 15.0. The van der Waals surface area contributed by atoms with Crippen molar-refractivity contribution in [3.8, 4) is 0 Å². The Balaban J connectivity index is 1.85. The van der Waals surface area contributed by atoms with Crippen molar-refractivity contribution < 1.29 is 0 Å². The van der Waals surface area contributed by atoms with Gasteiger partial charge in [0.1, 0.15) is 0 Å². The fourth-order valence-corrected chi connectivity index (χ4v) is 2.06. The van der Waals surface area contributed by atoms with Gasteiger partial charge in [-0.25, -0.2) is 4.98 Å². The molecule has 0 bridgehead atoms. The number of imidazole rings is 1. The molecule has 0 spiro atoms. The number of nitrogens with one attached hydrogen (secondary N) is 1. The largest absolute Gasteiger partial charge is 0.336 e. The van der Waals surface area contributed by atoms with E-state index >= 15 is 0 Å². The van der Waals surface area contributed by atoms with E-state index in [-0.39, 0.29) is 0 Å². The first-order chi connectivity index (χ1) is 8.66. The van der Waals surface area contributed by atoms with Gasteiger partial charge in [-0.05, 0) is 43.0 Å². The van der Waals surface area contributed by atoms with Gasteiger partial charge in [0.05, 0.1) is 6.33 Å². The van der Waals surface area contributed by atoms with E-state index in [1.165, 1.54) is 22.3 Å². The summed E-state index contributed by atoms with van der Waals surface area (Å²) in [6.45, 7) is 9.37. The normalized spacial score (nSPS) is 10.8. The van der Waals surface area contributed by atoms with E-state index < -0.39 is 0 Å². The lowest BCUT2D eigenvalue weighted by molar-refractivity contribution is 0.596. The Kier molecular flexibility index (Phi) is 4.15. The maximum atomic E-state index is 4.03. The average Bonchev–Trinajstić information content (AvgIpc) is 2.84. The average molecular weight is 243 g/mol. The predicted octanol–water partition coefficient (Wildman–Crippen LogP) is 2.60. The molecule has 3 heteroatoms. The lowest BCUT2D eigenvalue weighted by atomic mass is 10.0. The monoisotopic (exact) mass is 243 g/mol. The van der Waals surface area contributed by atoms with E-state index in [0.29, 0.717) is 0 Å². The predicted molar refractivity (Wildman–Crippen MR) is 74.6 cm³/mol. The topological polar surface area (TPSA) is 29.9 Å². The van der Waals surface area contributed by atoms with E-state index in [1.54, 1.807) is 0 Å². The molecular formula is C15H21N3. The molecule has 1 aromatic carbocycles. The number of benzene rings is 1. The van der Waals surface area contributed by atoms with Crippen molar-refractivity contribution in [1.29, 1.82) is 0 Å². The van der Waals surface area contributed by atoms with Crippen LogP contribution in [-0.4, -0.2) is 16.1 Å². The van der Waals surface area contributed by atoms with E-state index in [4.69, 9.17) is 0 Å². The van der Waals surface area contributed by atoms with Crippen LogP contribution in [0.5, 0.6) is 0 Å². The molecule has 1 heterocycles. The van der Waals surface area contributed by atoms with Gasteiger partial charge in [-0.15, -0.1) is 0 Å². The van der Waals surface area contributed by atoms with Gasteiger partial charge < -0.3 is 9.88 Å². The lowest BCUT2D eigenvalue weighted by Gasteiger charge is -2.11. The van der Waals surface area contributed by atoms with Crippen LogP contribution in [0.3, 0.4) is 0 Å². The zero-order chi connectivity index (χ0) is 13.0. The summed E-state index contributed by atoms with van der Waals surface area (Å²) in [7, 11) is 0. The summed E-state index contributed by atoms with van der Waals surface area (Å²) >= 11 is 0. The van der Waals surface area contributed by atoms with Crippen molar-refractivity contribution >= 4 is 0 Å². The summed E-state index contributed by atoms with van der Waals surface area (Å²) < 4.78 is 2.08. The van der Waals surface area contributed by atoms with Crippen LogP contribution in [0.25, 0.3) is 0 Å². The van der Waals surface area contributed by atoms with E-state index in [0.717, 1.165) is 19.6 Å². The van der Waals surface area contributed by atoms with E-state index in [9.17, 15) is 0 Å². The highest BCUT2D eigenvalue weighted by Gasteiger charge is 2.01. The molecule has 0 amide bonds. The highest BCUT2D eigenvalue weighted by molar-refractivity contribution is 5.36. The van der Waals surface area contributed by atoms with Crippen LogP contribution in [-0.2, 0) is 13.1 Å². The van der Waals surface area contributed by atoms with Crippen LogP contribution >= 0.6 is 0 Å². The Labute approximate surface area is 109 Å². The summed E-state index contributed by atoms with van der Waals surface area (Å²) in [4.78, 5) is 4.03. The molecule has 96 valence electrons. The SMILES string of the molecule is Cc1cc(C)c(CNCCn2ccnc2)cc1C. The van der Waals surface area contributed by atoms with Crippen molar-refractivity contribution in [2.75, 3.05) is 6.54 Å². The minimum Gasteiger partial charge on any atom is -0.336 e. The summed E-state index contributed by atoms with van der Waals surface area (Å²) in [6.07, 6.45) is 5.65. The summed E-state index contributed by atoms with van der Waals surface area (Å²) in [5.74, 6) is 0. The fourth-order valence-electron chi connectivity index (χ4n) is 2.06. The van der Waals surface area contributed by atoms with Gasteiger partial charge in [0.2, 0.25) is 0 Å².